The summed E-state index contributed by atoms with van der Waals surface area (Å²) in [5.74, 6) is -2.22. The number of carbonyl (C=O) groups excluding carboxylic acids is 3. The number of Topliss-reactive ketones (excluding diaryl/α,β-unsaturated/α-hetero) is 1. The molecular weight excluding hydrogens is 388 g/mol. The Hall–Kier alpha value is -2.77. The molecule has 1 aliphatic carbocycles. The standard InChI is InChI=1S/C23H28O7/c1-21(2,3)29-27-19(25)17-13-10-14-23(15-17,20(26)28-30-22(4,5)6)18(24)16-11-8-7-9-12-16/h7-14H,15H2,1-6H3. The Bertz CT molecular complexity index is 854. The Kier molecular flexibility index (Phi) is 7.00. The number of ketones is 1. The highest BCUT2D eigenvalue weighted by Gasteiger charge is 2.49. The molecule has 0 aliphatic heterocycles. The first kappa shape index (κ1) is 23.5. The van der Waals surface area contributed by atoms with Crippen molar-refractivity contribution in [3.05, 3.63) is 59.7 Å². The van der Waals surface area contributed by atoms with Crippen LogP contribution in [0.3, 0.4) is 0 Å². The molecule has 0 saturated carbocycles. The topological polar surface area (TPSA) is 88.1 Å². The molecular formula is C23H28O7. The van der Waals surface area contributed by atoms with Crippen molar-refractivity contribution < 1.29 is 33.9 Å². The molecule has 0 radical (unpaired) electrons. The highest BCUT2D eigenvalue weighted by atomic mass is 17.2. The molecule has 0 saturated heterocycles. The van der Waals surface area contributed by atoms with E-state index in [1.807, 2.05) is 0 Å². The Morgan fingerprint density at radius 2 is 1.43 bits per heavy atom. The van der Waals surface area contributed by atoms with Crippen molar-refractivity contribution in [3.63, 3.8) is 0 Å². The molecule has 1 atom stereocenters. The van der Waals surface area contributed by atoms with Crippen molar-refractivity contribution in [2.75, 3.05) is 0 Å². The zero-order valence-electron chi connectivity index (χ0n) is 18.2. The summed E-state index contributed by atoms with van der Waals surface area (Å²) in [5.41, 5.74) is -2.87. The zero-order valence-corrected chi connectivity index (χ0v) is 18.2. The SMILES string of the molecule is CC(C)(C)OOC(=O)C1=CC=CC(C(=O)OOC(C)(C)C)(C(=O)c2ccccc2)C1. The van der Waals surface area contributed by atoms with Crippen molar-refractivity contribution in [1.29, 1.82) is 0 Å². The second kappa shape index (κ2) is 8.93. The quantitative estimate of drug-likeness (QED) is 0.296. The third-order valence-electron chi connectivity index (χ3n) is 3.95. The van der Waals surface area contributed by atoms with Gasteiger partial charge in [0, 0.05) is 17.6 Å². The molecule has 0 spiro atoms. The Morgan fingerprint density at radius 3 is 2.00 bits per heavy atom. The highest BCUT2D eigenvalue weighted by Crippen LogP contribution is 2.38. The molecule has 2 rings (SSSR count). The summed E-state index contributed by atoms with van der Waals surface area (Å²) in [6.07, 6.45) is 4.09. The average Bonchev–Trinajstić information content (AvgIpc) is 2.69. The molecule has 1 aromatic carbocycles. The first-order valence-electron chi connectivity index (χ1n) is 9.62. The highest BCUT2D eigenvalue weighted by molar-refractivity contribution is 6.15. The maximum absolute atomic E-state index is 13.4. The third-order valence-corrected chi connectivity index (χ3v) is 3.95. The van der Waals surface area contributed by atoms with Crippen molar-refractivity contribution in [1.82, 2.24) is 0 Å². The summed E-state index contributed by atoms with van der Waals surface area (Å²) in [5, 5.41) is 0. The molecule has 1 aromatic rings. The van der Waals surface area contributed by atoms with E-state index >= 15 is 0 Å². The summed E-state index contributed by atoms with van der Waals surface area (Å²) >= 11 is 0. The van der Waals surface area contributed by atoms with Gasteiger partial charge in [-0.05, 0) is 41.5 Å². The van der Waals surface area contributed by atoms with Crippen molar-refractivity contribution >= 4 is 17.7 Å². The van der Waals surface area contributed by atoms with Gasteiger partial charge in [0.25, 0.3) is 0 Å². The normalized spacial score (nSPS) is 19.1. The molecule has 30 heavy (non-hydrogen) atoms. The van der Waals surface area contributed by atoms with E-state index in [0.29, 0.717) is 5.56 Å². The van der Waals surface area contributed by atoms with E-state index in [1.54, 1.807) is 71.9 Å². The van der Waals surface area contributed by atoms with Gasteiger partial charge in [-0.15, -0.1) is 0 Å². The van der Waals surface area contributed by atoms with Crippen LogP contribution in [0.4, 0.5) is 0 Å². The molecule has 0 aromatic heterocycles. The van der Waals surface area contributed by atoms with E-state index in [0.717, 1.165) is 0 Å². The summed E-state index contributed by atoms with van der Waals surface area (Å²) in [4.78, 5) is 59.0. The van der Waals surface area contributed by atoms with Crippen LogP contribution in [0.1, 0.15) is 58.3 Å². The average molecular weight is 416 g/mol. The molecule has 1 unspecified atom stereocenters. The second-order valence-electron chi connectivity index (χ2n) is 9.03. The van der Waals surface area contributed by atoms with E-state index in [2.05, 4.69) is 0 Å². The minimum atomic E-state index is -1.78. The van der Waals surface area contributed by atoms with Crippen molar-refractivity contribution in [2.24, 2.45) is 5.41 Å². The van der Waals surface area contributed by atoms with Crippen LogP contribution in [0.15, 0.2) is 54.1 Å². The van der Waals surface area contributed by atoms with E-state index in [9.17, 15) is 14.4 Å². The fourth-order valence-corrected chi connectivity index (χ4v) is 2.58. The van der Waals surface area contributed by atoms with Crippen LogP contribution in [0.5, 0.6) is 0 Å². The smallest absolute Gasteiger partial charge is 0.296 e. The van der Waals surface area contributed by atoms with Gasteiger partial charge in [-0.3, -0.25) is 14.6 Å². The van der Waals surface area contributed by atoms with Gasteiger partial charge in [-0.1, -0.05) is 48.6 Å². The number of hydrogen-bond donors (Lipinski definition) is 0. The summed E-state index contributed by atoms with van der Waals surface area (Å²) in [6, 6.07) is 8.32. The van der Waals surface area contributed by atoms with E-state index in [-0.39, 0.29) is 12.0 Å². The number of allylic oxidation sites excluding steroid dienone is 2. The van der Waals surface area contributed by atoms with Gasteiger partial charge in [-0.25, -0.2) is 9.59 Å². The first-order chi connectivity index (χ1) is 13.8. The van der Waals surface area contributed by atoms with Crippen molar-refractivity contribution in [2.45, 2.75) is 59.2 Å². The molecule has 7 nitrogen and oxygen atoms in total. The third kappa shape index (κ3) is 6.11. The number of rotatable bonds is 6. The van der Waals surface area contributed by atoms with E-state index in [1.165, 1.54) is 18.2 Å². The monoisotopic (exact) mass is 416 g/mol. The van der Waals surface area contributed by atoms with Gasteiger partial charge < -0.3 is 0 Å². The van der Waals surface area contributed by atoms with Gasteiger partial charge in [0.1, 0.15) is 11.2 Å². The molecule has 1 aliphatic rings. The van der Waals surface area contributed by atoms with Crippen molar-refractivity contribution in [3.8, 4) is 0 Å². The second-order valence-corrected chi connectivity index (χ2v) is 9.03. The predicted octanol–water partition coefficient (Wildman–Crippen LogP) is 4.29. The summed E-state index contributed by atoms with van der Waals surface area (Å²) in [7, 11) is 0. The number of carbonyl (C=O) groups is 3. The van der Waals surface area contributed by atoms with Crippen LogP contribution in [-0.4, -0.2) is 28.9 Å². The lowest BCUT2D eigenvalue weighted by molar-refractivity contribution is -0.324. The lowest BCUT2D eigenvalue weighted by Gasteiger charge is -2.30. The minimum Gasteiger partial charge on any atom is -0.296 e. The number of benzene rings is 1. The van der Waals surface area contributed by atoms with Gasteiger partial charge in [-0.2, -0.15) is 9.78 Å². The van der Waals surface area contributed by atoms with E-state index < -0.39 is 34.3 Å². The van der Waals surface area contributed by atoms with Gasteiger partial charge in [0.05, 0.1) is 0 Å². The van der Waals surface area contributed by atoms with Gasteiger partial charge >= 0.3 is 11.9 Å². The Balaban J connectivity index is 2.34. The summed E-state index contributed by atoms with van der Waals surface area (Å²) in [6.45, 7) is 10.3. The van der Waals surface area contributed by atoms with Crippen LogP contribution in [-0.2, 0) is 29.1 Å². The summed E-state index contributed by atoms with van der Waals surface area (Å²) < 4.78 is 0. The predicted molar refractivity (Wildman–Crippen MR) is 109 cm³/mol. The van der Waals surface area contributed by atoms with Crippen LogP contribution in [0.25, 0.3) is 0 Å². The molecule has 0 fully saturated rings. The molecule has 0 bridgehead atoms. The molecule has 7 heteroatoms. The lowest BCUT2D eigenvalue weighted by atomic mass is 9.73. The maximum Gasteiger partial charge on any atom is 0.369 e. The minimum absolute atomic E-state index is 0.0961. The van der Waals surface area contributed by atoms with Gasteiger partial charge in [0.15, 0.2) is 11.2 Å². The molecule has 0 heterocycles. The van der Waals surface area contributed by atoms with Crippen LogP contribution < -0.4 is 0 Å². The van der Waals surface area contributed by atoms with Gasteiger partial charge in [0.2, 0.25) is 0 Å². The molecule has 0 N–H and O–H groups in total. The maximum atomic E-state index is 13.4. The Morgan fingerprint density at radius 1 is 0.867 bits per heavy atom. The molecule has 0 amide bonds. The van der Waals surface area contributed by atoms with Crippen LogP contribution >= 0.6 is 0 Å². The molecule has 162 valence electrons. The first-order valence-corrected chi connectivity index (χ1v) is 9.62. The number of hydrogen-bond acceptors (Lipinski definition) is 7. The van der Waals surface area contributed by atoms with Crippen LogP contribution in [0.2, 0.25) is 0 Å². The largest absolute Gasteiger partial charge is 0.369 e. The van der Waals surface area contributed by atoms with E-state index in [4.69, 9.17) is 19.6 Å². The Labute approximate surface area is 176 Å². The van der Waals surface area contributed by atoms with Crippen LogP contribution in [0, 0.1) is 5.41 Å². The zero-order chi connectivity index (χ0) is 22.6. The fraction of sp³-hybridized carbons (Fsp3) is 0.435. The fourth-order valence-electron chi connectivity index (χ4n) is 2.58. The lowest BCUT2D eigenvalue weighted by Crippen LogP contribution is -2.42.